The molecule has 0 aromatic heterocycles. The predicted octanol–water partition coefficient (Wildman–Crippen LogP) is 11.2. The van der Waals surface area contributed by atoms with Gasteiger partial charge in [0.15, 0.2) is 0 Å². The van der Waals surface area contributed by atoms with Crippen LogP contribution in [0.2, 0.25) is 0 Å². The van der Waals surface area contributed by atoms with Crippen LogP contribution in [-0.2, 0) is 19.2 Å². The van der Waals surface area contributed by atoms with Crippen LogP contribution in [0.15, 0.2) is 54.6 Å². The normalized spacial score (nSPS) is 11.7. The molecule has 2 aromatic rings. The van der Waals surface area contributed by atoms with Crippen molar-refractivity contribution in [3.8, 4) is 6.07 Å². The molecular weight excluding hydrogens is 723 g/mol. The number of rotatable bonds is 34. The minimum absolute atomic E-state index is 0.0787. The Balaban J connectivity index is 1.77. The molecule has 1 unspecified atom stereocenters. The number of nitriles is 1. The summed E-state index contributed by atoms with van der Waals surface area (Å²) in [5, 5.41) is 21.3. The van der Waals surface area contributed by atoms with E-state index in [4.69, 9.17) is 0 Å². The zero-order chi connectivity index (χ0) is 41.9. The van der Waals surface area contributed by atoms with Crippen LogP contribution < -0.4 is 21.3 Å². The molecule has 0 aliphatic carbocycles. The van der Waals surface area contributed by atoms with Crippen molar-refractivity contribution >= 4 is 41.0 Å². The molecule has 0 spiro atoms. The number of anilines is 1. The Bertz CT molecular complexity index is 1480. The van der Waals surface area contributed by atoms with E-state index in [0.717, 1.165) is 43.2 Å². The van der Waals surface area contributed by atoms with Gasteiger partial charge in [-0.3, -0.25) is 19.2 Å². The number of nitrogens with zero attached hydrogens (tertiary/aromatic N) is 1. The molecule has 58 heavy (non-hydrogen) atoms. The summed E-state index contributed by atoms with van der Waals surface area (Å²) in [5.41, 5.74) is 2.79. The summed E-state index contributed by atoms with van der Waals surface area (Å²) in [6.45, 7) is 5.63. The fourth-order valence-corrected chi connectivity index (χ4v) is 6.95. The van der Waals surface area contributed by atoms with Crippen LogP contribution in [0.1, 0.15) is 185 Å². The van der Waals surface area contributed by atoms with Crippen molar-refractivity contribution in [3.63, 3.8) is 0 Å². The molecule has 2 rings (SSSR count). The molecule has 4 amide bonds. The first-order valence-corrected chi connectivity index (χ1v) is 22.8. The second-order valence-corrected chi connectivity index (χ2v) is 15.7. The summed E-state index contributed by atoms with van der Waals surface area (Å²) >= 11 is 0. The van der Waals surface area contributed by atoms with E-state index in [1.54, 1.807) is 24.3 Å². The molecule has 9 heteroatoms. The van der Waals surface area contributed by atoms with Crippen molar-refractivity contribution in [1.29, 1.82) is 5.26 Å². The average molecular weight is 798 g/mol. The van der Waals surface area contributed by atoms with Crippen molar-refractivity contribution in [1.82, 2.24) is 16.0 Å². The van der Waals surface area contributed by atoms with E-state index in [1.165, 1.54) is 96.3 Å². The maximum atomic E-state index is 13.2. The number of hydrogen-bond acceptors (Lipinski definition) is 5. The standard InChI is InChI=1S/C49H75N5O4/c1-3-5-7-9-11-13-15-17-19-24-37-51-46(55)36-35-45(49(58)52-38-25-20-18-16-14-12-10-8-6-4-2)54-48(57)30-26-29-47(56)53-44-33-31-42(32-34-44)43(40-50)39-41-27-22-21-23-28-41/h21-23,27-28,31-34,39,45H,3-20,24-26,29-30,35-38H2,1-2H3,(H,51,55)(H,52,58)(H,53,56)(H,54,57)/b43-39+. The van der Waals surface area contributed by atoms with Gasteiger partial charge >= 0.3 is 0 Å². The average Bonchev–Trinajstić information content (AvgIpc) is 3.23. The fraction of sp³-hybridized carbons (Fsp3) is 0.612. The van der Waals surface area contributed by atoms with E-state index in [-0.39, 0.29) is 49.3 Å². The van der Waals surface area contributed by atoms with E-state index in [1.807, 2.05) is 36.4 Å². The molecule has 0 saturated carbocycles. The first kappa shape index (κ1) is 49.7. The SMILES string of the molecule is CCCCCCCCCCCCNC(=O)CCC(NC(=O)CCCC(=O)Nc1ccc(/C(C#N)=C/c2ccccc2)cc1)C(=O)NCCCCCCCCCCCC. The van der Waals surface area contributed by atoms with Gasteiger partial charge in [0, 0.05) is 38.0 Å². The summed E-state index contributed by atoms with van der Waals surface area (Å²) in [6.07, 6.45) is 27.1. The summed E-state index contributed by atoms with van der Waals surface area (Å²) in [7, 11) is 0. The zero-order valence-corrected chi connectivity index (χ0v) is 36.0. The highest BCUT2D eigenvalue weighted by Crippen LogP contribution is 2.20. The van der Waals surface area contributed by atoms with E-state index in [2.05, 4.69) is 41.2 Å². The highest BCUT2D eigenvalue weighted by Gasteiger charge is 2.22. The lowest BCUT2D eigenvalue weighted by atomic mass is 10.0. The monoisotopic (exact) mass is 798 g/mol. The summed E-state index contributed by atoms with van der Waals surface area (Å²) < 4.78 is 0. The van der Waals surface area contributed by atoms with Gasteiger partial charge in [-0.2, -0.15) is 5.26 Å². The van der Waals surface area contributed by atoms with Crippen molar-refractivity contribution in [2.45, 2.75) is 180 Å². The molecule has 0 heterocycles. The number of nitrogens with one attached hydrogen (secondary N) is 4. The summed E-state index contributed by atoms with van der Waals surface area (Å²) in [5.74, 6) is -0.938. The smallest absolute Gasteiger partial charge is 0.242 e. The van der Waals surface area contributed by atoms with Crippen LogP contribution in [0.3, 0.4) is 0 Å². The number of amides is 4. The summed E-state index contributed by atoms with van der Waals surface area (Å²) in [6, 6.07) is 18.1. The van der Waals surface area contributed by atoms with Crippen LogP contribution in [0.25, 0.3) is 11.6 Å². The van der Waals surface area contributed by atoms with Gasteiger partial charge in [0.1, 0.15) is 6.04 Å². The lowest BCUT2D eigenvalue weighted by Gasteiger charge is -2.18. The quantitative estimate of drug-likeness (QED) is 0.0317. The number of carbonyl (C=O) groups is 4. The van der Waals surface area contributed by atoms with Gasteiger partial charge in [-0.25, -0.2) is 0 Å². The Morgan fingerprint density at radius 1 is 0.569 bits per heavy atom. The highest BCUT2D eigenvalue weighted by atomic mass is 16.2. The Labute approximate surface area is 351 Å². The number of allylic oxidation sites excluding steroid dienone is 1. The zero-order valence-electron chi connectivity index (χ0n) is 36.0. The molecule has 2 aromatic carbocycles. The first-order valence-electron chi connectivity index (χ1n) is 22.8. The van der Waals surface area contributed by atoms with Crippen molar-refractivity contribution in [2.75, 3.05) is 18.4 Å². The third-order valence-corrected chi connectivity index (χ3v) is 10.5. The van der Waals surface area contributed by atoms with E-state index in [0.29, 0.717) is 30.8 Å². The maximum absolute atomic E-state index is 13.2. The Morgan fingerprint density at radius 3 is 1.60 bits per heavy atom. The van der Waals surface area contributed by atoms with E-state index >= 15 is 0 Å². The summed E-state index contributed by atoms with van der Waals surface area (Å²) in [4.78, 5) is 51.6. The predicted molar refractivity (Wildman–Crippen MR) is 240 cm³/mol. The molecule has 0 saturated heterocycles. The van der Waals surface area contributed by atoms with Crippen LogP contribution in [0, 0.1) is 11.3 Å². The maximum Gasteiger partial charge on any atom is 0.242 e. The largest absolute Gasteiger partial charge is 0.356 e. The van der Waals surface area contributed by atoms with Gasteiger partial charge in [0.2, 0.25) is 23.6 Å². The van der Waals surface area contributed by atoms with Crippen LogP contribution in [-0.4, -0.2) is 42.8 Å². The molecule has 0 aliphatic rings. The second kappa shape index (κ2) is 33.5. The lowest BCUT2D eigenvalue weighted by molar-refractivity contribution is -0.130. The topological polar surface area (TPSA) is 140 Å². The molecule has 0 aliphatic heterocycles. The molecule has 0 bridgehead atoms. The second-order valence-electron chi connectivity index (χ2n) is 15.7. The fourth-order valence-electron chi connectivity index (χ4n) is 6.95. The van der Waals surface area contributed by atoms with Crippen LogP contribution in [0.5, 0.6) is 0 Å². The van der Waals surface area contributed by atoms with Gasteiger partial charge in [-0.05, 0) is 55.0 Å². The molecule has 9 nitrogen and oxygen atoms in total. The third-order valence-electron chi connectivity index (χ3n) is 10.5. The van der Waals surface area contributed by atoms with Gasteiger partial charge < -0.3 is 21.3 Å². The van der Waals surface area contributed by atoms with Crippen LogP contribution in [0.4, 0.5) is 5.69 Å². The first-order chi connectivity index (χ1) is 28.4. The highest BCUT2D eigenvalue weighted by molar-refractivity contribution is 5.93. The van der Waals surface area contributed by atoms with Crippen molar-refractivity contribution in [2.24, 2.45) is 0 Å². The number of unbranched alkanes of at least 4 members (excludes halogenated alkanes) is 18. The number of benzene rings is 2. The minimum atomic E-state index is -0.819. The van der Waals surface area contributed by atoms with Crippen LogP contribution >= 0.6 is 0 Å². The van der Waals surface area contributed by atoms with E-state index < -0.39 is 6.04 Å². The molecule has 1 atom stereocenters. The Morgan fingerprint density at radius 2 is 1.07 bits per heavy atom. The van der Waals surface area contributed by atoms with Crippen molar-refractivity contribution in [3.05, 3.63) is 65.7 Å². The van der Waals surface area contributed by atoms with Gasteiger partial charge in [-0.1, -0.05) is 172 Å². The van der Waals surface area contributed by atoms with Crippen molar-refractivity contribution < 1.29 is 19.2 Å². The minimum Gasteiger partial charge on any atom is -0.356 e. The Kier molecular flexibility index (Phi) is 28.7. The third kappa shape index (κ3) is 25.0. The van der Waals surface area contributed by atoms with Gasteiger partial charge in [-0.15, -0.1) is 0 Å². The Hall–Kier alpha value is -4.45. The van der Waals surface area contributed by atoms with E-state index in [9.17, 15) is 24.4 Å². The van der Waals surface area contributed by atoms with Gasteiger partial charge in [0.25, 0.3) is 0 Å². The number of hydrogen-bond donors (Lipinski definition) is 4. The molecule has 0 fully saturated rings. The molecule has 4 N–H and O–H groups in total. The molecule has 0 radical (unpaired) electrons. The van der Waals surface area contributed by atoms with Gasteiger partial charge in [0.05, 0.1) is 11.6 Å². The molecule has 320 valence electrons. The number of carbonyl (C=O) groups excluding carboxylic acids is 4. The molecular formula is C49H75N5O4. The lowest BCUT2D eigenvalue weighted by Crippen LogP contribution is -2.47.